The minimum Gasteiger partial charge on any atom is -0.480 e. The molecule has 0 aliphatic heterocycles. The van der Waals surface area contributed by atoms with Crippen LogP contribution in [0.4, 0.5) is 0 Å². The van der Waals surface area contributed by atoms with E-state index in [1.54, 1.807) is 0 Å². The van der Waals surface area contributed by atoms with Crippen molar-refractivity contribution in [1.82, 2.24) is 5.32 Å². The molecule has 14 heavy (non-hydrogen) atoms. The summed E-state index contributed by atoms with van der Waals surface area (Å²) >= 11 is 0. The summed E-state index contributed by atoms with van der Waals surface area (Å²) in [4.78, 5) is 11.1. The van der Waals surface area contributed by atoms with Crippen molar-refractivity contribution in [1.29, 1.82) is 0 Å². The van der Waals surface area contributed by atoms with Crippen LogP contribution in [0.1, 0.15) is 38.5 Å². The van der Waals surface area contributed by atoms with Gasteiger partial charge in [0.1, 0.15) is 6.04 Å². The van der Waals surface area contributed by atoms with E-state index in [1.165, 1.54) is 25.7 Å². The summed E-state index contributed by atoms with van der Waals surface area (Å²) in [6, 6.07) is -0.280. The van der Waals surface area contributed by atoms with Crippen molar-refractivity contribution in [3.05, 3.63) is 0 Å². The first-order valence-corrected chi connectivity index (χ1v) is 5.73. The van der Waals surface area contributed by atoms with Crippen LogP contribution in [-0.4, -0.2) is 23.7 Å². The Hall–Kier alpha value is -0.570. The summed E-state index contributed by atoms with van der Waals surface area (Å²) in [5, 5.41) is 12.3. The minimum atomic E-state index is -0.655. The van der Waals surface area contributed by atoms with Crippen LogP contribution in [0.3, 0.4) is 0 Å². The molecular formula is C11H19NO2. The Morgan fingerprint density at radius 1 is 1.29 bits per heavy atom. The third kappa shape index (κ3) is 2.47. The lowest BCUT2D eigenvalue weighted by molar-refractivity contribution is -0.141. The zero-order valence-corrected chi connectivity index (χ0v) is 8.54. The summed E-state index contributed by atoms with van der Waals surface area (Å²) in [6.07, 6.45) is 7.16. The molecule has 2 fully saturated rings. The first kappa shape index (κ1) is 9.97. The lowest BCUT2D eigenvalue weighted by Gasteiger charge is -2.20. The molecule has 0 aromatic carbocycles. The zero-order chi connectivity index (χ0) is 9.97. The molecule has 2 N–H and O–H groups in total. The Morgan fingerprint density at radius 2 is 1.93 bits per heavy atom. The lowest BCUT2D eigenvalue weighted by atomic mass is 9.98. The van der Waals surface area contributed by atoms with Crippen molar-refractivity contribution in [2.45, 2.75) is 44.6 Å². The van der Waals surface area contributed by atoms with Gasteiger partial charge in [-0.15, -0.1) is 0 Å². The highest BCUT2D eigenvalue weighted by molar-refractivity contribution is 5.73. The first-order valence-electron chi connectivity index (χ1n) is 5.73. The number of hydrogen-bond acceptors (Lipinski definition) is 2. The SMILES string of the molecule is O=C(O)C(NCC1CC1)C1CCCC1. The number of nitrogens with one attached hydrogen (secondary N) is 1. The van der Waals surface area contributed by atoms with Gasteiger partial charge in [0.25, 0.3) is 0 Å². The Morgan fingerprint density at radius 3 is 2.43 bits per heavy atom. The predicted molar refractivity (Wildman–Crippen MR) is 54.1 cm³/mol. The number of aliphatic carboxylic acids is 1. The van der Waals surface area contributed by atoms with Crippen LogP contribution in [0.2, 0.25) is 0 Å². The summed E-state index contributed by atoms with van der Waals surface area (Å²) < 4.78 is 0. The fourth-order valence-corrected chi connectivity index (χ4v) is 2.36. The van der Waals surface area contributed by atoms with Crippen LogP contribution in [0.25, 0.3) is 0 Å². The smallest absolute Gasteiger partial charge is 0.320 e. The molecule has 2 saturated carbocycles. The van der Waals surface area contributed by atoms with E-state index in [9.17, 15) is 4.79 Å². The molecule has 80 valence electrons. The quantitative estimate of drug-likeness (QED) is 0.704. The molecule has 3 heteroatoms. The van der Waals surface area contributed by atoms with E-state index in [2.05, 4.69) is 5.32 Å². The van der Waals surface area contributed by atoms with Crippen LogP contribution in [0.5, 0.6) is 0 Å². The first-order chi connectivity index (χ1) is 6.77. The van der Waals surface area contributed by atoms with Gasteiger partial charge in [0, 0.05) is 0 Å². The van der Waals surface area contributed by atoms with Gasteiger partial charge in [0.15, 0.2) is 0 Å². The number of rotatable bonds is 5. The van der Waals surface area contributed by atoms with Crippen LogP contribution in [0.15, 0.2) is 0 Å². The fraction of sp³-hybridized carbons (Fsp3) is 0.909. The minimum absolute atomic E-state index is 0.280. The Labute approximate surface area is 84.9 Å². The Bertz CT molecular complexity index is 207. The molecule has 0 aromatic heterocycles. The molecular weight excluding hydrogens is 178 g/mol. The largest absolute Gasteiger partial charge is 0.480 e. The standard InChI is InChI=1S/C11H19NO2/c13-11(14)10(9-3-1-2-4-9)12-7-8-5-6-8/h8-10,12H,1-7H2,(H,13,14). The monoisotopic (exact) mass is 197 g/mol. The van der Waals surface area contributed by atoms with Gasteiger partial charge in [-0.1, -0.05) is 12.8 Å². The normalized spacial score (nSPS) is 25.1. The van der Waals surface area contributed by atoms with E-state index in [-0.39, 0.29) is 6.04 Å². The third-order valence-electron chi connectivity index (χ3n) is 3.46. The van der Waals surface area contributed by atoms with E-state index in [1.807, 2.05) is 0 Å². The molecule has 1 unspecified atom stereocenters. The average Bonchev–Trinajstić information content (AvgIpc) is 2.80. The summed E-state index contributed by atoms with van der Waals surface area (Å²) in [6.45, 7) is 0.910. The number of carbonyl (C=O) groups is 1. The molecule has 0 amide bonds. The molecule has 2 rings (SSSR count). The summed E-state index contributed by atoms with van der Waals surface area (Å²) in [5.41, 5.74) is 0. The van der Waals surface area contributed by atoms with Crippen molar-refractivity contribution in [2.75, 3.05) is 6.54 Å². The van der Waals surface area contributed by atoms with Crippen molar-refractivity contribution < 1.29 is 9.90 Å². The molecule has 0 spiro atoms. The van der Waals surface area contributed by atoms with E-state index < -0.39 is 5.97 Å². The highest BCUT2D eigenvalue weighted by Gasteiger charge is 2.31. The van der Waals surface area contributed by atoms with Gasteiger partial charge in [-0.3, -0.25) is 4.79 Å². The highest BCUT2D eigenvalue weighted by Crippen LogP contribution is 2.30. The molecule has 2 aliphatic rings. The molecule has 0 radical (unpaired) electrons. The van der Waals surface area contributed by atoms with Crippen molar-refractivity contribution in [3.8, 4) is 0 Å². The van der Waals surface area contributed by atoms with Gasteiger partial charge in [-0.25, -0.2) is 0 Å². The van der Waals surface area contributed by atoms with E-state index >= 15 is 0 Å². The van der Waals surface area contributed by atoms with Crippen LogP contribution < -0.4 is 5.32 Å². The topological polar surface area (TPSA) is 49.3 Å². The molecule has 0 heterocycles. The molecule has 0 bridgehead atoms. The number of carboxylic acid groups (broad SMARTS) is 1. The van der Waals surface area contributed by atoms with Crippen LogP contribution >= 0.6 is 0 Å². The van der Waals surface area contributed by atoms with Gasteiger partial charge in [-0.2, -0.15) is 0 Å². The maximum atomic E-state index is 11.1. The maximum absolute atomic E-state index is 11.1. The second-order valence-electron chi connectivity index (χ2n) is 4.71. The lowest BCUT2D eigenvalue weighted by Crippen LogP contribution is -2.42. The average molecular weight is 197 g/mol. The van der Waals surface area contributed by atoms with Gasteiger partial charge in [-0.05, 0) is 44.1 Å². The van der Waals surface area contributed by atoms with Crippen molar-refractivity contribution in [3.63, 3.8) is 0 Å². The van der Waals surface area contributed by atoms with Gasteiger partial charge in [0.05, 0.1) is 0 Å². The number of carboxylic acids is 1. The van der Waals surface area contributed by atoms with Gasteiger partial charge in [0.2, 0.25) is 0 Å². The Kier molecular flexibility index (Phi) is 3.06. The maximum Gasteiger partial charge on any atom is 0.320 e. The second kappa shape index (κ2) is 4.30. The zero-order valence-electron chi connectivity index (χ0n) is 8.54. The van der Waals surface area contributed by atoms with Crippen LogP contribution in [0, 0.1) is 11.8 Å². The molecule has 2 aliphatic carbocycles. The van der Waals surface area contributed by atoms with Gasteiger partial charge >= 0.3 is 5.97 Å². The van der Waals surface area contributed by atoms with E-state index in [0.717, 1.165) is 25.3 Å². The third-order valence-corrected chi connectivity index (χ3v) is 3.46. The molecule has 3 nitrogen and oxygen atoms in total. The molecule has 0 aromatic rings. The number of hydrogen-bond donors (Lipinski definition) is 2. The molecule has 0 saturated heterocycles. The summed E-state index contributed by atoms with van der Waals surface area (Å²) in [5.74, 6) is 0.488. The summed E-state index contributed by atoms with van der Waals surface area (Å²) in [7, 11) is 0. The van der Waals surface area contributed by atoms with Gasteiger partial charge < -0.3 is 10.4 Å². The van der Waals surface area contributed by atoms with Crippen molar-refractivity contribution >= 4 is 5.97 Å². The van der Waals surface area contributed by atoms with Crippen LogP contribution in [-0.2, 0) is 4.79 Å². The van der Waals surface area contributed by atoms with E-state index in [4.69, 9.17) is 5.11 Å². The predicted octanol–water partition coefficient (Wildman–Crippen LogP) is 1.63. The second-order valence-corrected chi connectivity index (χ2v) is 4.71. The Balaban J connectivity index is 1.81. The highest BCUT2D eigenvalue weighted by atomic mass is 16.4. The van der Waals surface area contributed by atoms with Crippen molar-refractivity contribution in [2.24, 2.45) is 11.8 Å². The van der Waals surface area contributed by atoms with E-state index in [0.29, 0.717) is 5.92 Å². The fourth-order valence-electron chi connectivity index (χ4n) is 2.36. The molecule has 1 atom stereocenters.